The molecule has 0 spiro atoms. The van der Waals surface area contributed by atoms with Crippen LogP contribution >= 0.6 is 0 Å². The van der Waals surface area contributed by atoms with Crippen LogP contribution < -0.4 is 5.73 Å². The highest BCUT2D eigenvalue weighted by Gasteiger charge is 2.18. The quantitative estimate of drug-likeness (QED) is 0.645. The highest BCUT2D eigenvalue weighted by Crippen LogP contribution is 2.14. The summed E-state index contributed by atoms with van der Waals surface area (Å²) in [6.07, 6.45) is 2.36. The van der Waals surface area contributed by atoms with Gasteiger partial charge in [-0.05, 0) is 19.8 Å². The molecule has 0 aromatic carbocycles. The van der Waals surface area contributed by atoms with Gasteiger partial charge in [-0.1, -0.05) is 12.2 Å². The zero-order chi connectivity index (χ0) is 9.84. The van der Waals surface area contributed by atoms with Crippen LogP contribution in [0, 0.1) is 0 Å². The molecule has 0 aliphatic carbocycles. The Morgan fingerprint density at radius 3 is 2.62 bits per heavy atom. The number of nitrogens with zero attached hydrogens (tertiary/aromatic N) is 1. The molecule has 3 heteroatoms. The molecule has 1 fully saturated rings. The van der Waals surface area contributed by atoms with Gasteiger partial charge in [-0.15, -0.1) is 0 Å². The molecule has 1 rings (SSSR count). The van der Waals surface area contributed by atoms with E-state index in [1.165, 1.54) is 5.57 Å². The molecule has 0 aromatic heterocycles. The molecule has 1 heterocycles. The summed E-state index contributed by atoms with van der Waals surface area (Å²) in [5.41, 5.74) is 6.82. The maximum absolute atomic E-state index is 11.5. The highest BCUT2D eigenvalue weighted by atomic mass is 16.2. The van der Waals surface area contributed by atoms with Crippen molar-refractivity contribution in [3.63, 3.8) is 0 Å². The first kappa shape index (κ1) is 10.3. The minimum atomic E-state index is -0.0300. The fourth-order valence-corrected chi connectivity index (χ4v) is 1.48. The first-order valence-electron chi connectivity index (χ1n) is 4.79. The summed E-state index contributed by atoms with van der Waals surface area (Å²) in [5.74, 6) is 0.183. The standard InChI is InChI=1S/C10H18N2O/c1-8-3-5-12(6-4-8)10(13)7-9(2)11/h9H,1,3-7,11H2,2H3. The third kappa shape index (κ3) is 3.19. The SMILES string of the molecule is C=C1CCN(C(=O)CC(C)N)CC1. The molecule has 1 aliphatic rings. The molecule has 2 N–H and O–H groups in total. The van der Waals surface area contributed by atoms with Crippen molar-refractivity contribution in [1.29, 1.82) is 0 Å². The van der Waals surface area contributed by atoms with Crippen LogP contribution in [0.5, 0.6) is 0 Å². The van der Waals surface area contributed by atoms with E-state index in [9.17, 15) is 4.79 Å². The number of amides is 1. The Labute approximate surface area is 79.6 Å². The first-order chi connectivity index (χ1) is 6.09. The average molecular weight is 182 g/mol. The summed E-state index contributed by atoms with van der Waals surface area (Å²) in [5, 5.41) is 0. The molecule has 13 heavy (non-hydrogen) atoms. The normalized spacial score (nSPS) is 20.2. The minimum absolute atomic E-state index is 0.0300. The molecule has 0 radical (unpaired) electrons. The number of hydrogen-bond donors (Lipinski definition) is 1. The molecule has 1 aliphatic heterocycles. The summed E-state index contributed by atoms with van der Waals surface area (Å²) >= 11 is 0. The van der Waals surface area contributed by atoms with Crippen molar-refractivity contribution in [3.05, 3.63) is 12.2 Å². The van der Waals surface area contributed by atoms with Gasteiger partial charge in [0.05, 0.1) is 0 Å². The maximum atomic E-state index is 11.5. The lowest BCUT2D eigenvalue weighted by Crippen LogP contribution is -2.38. The number of piperidine rings is 1. The van der Waals surface area contributed by atoms with Gasteiger partial charge in [-0.3, -0.25) is 4.79 Å². The molecule has 1 saturated heterocycles. The van der Waals surface area contributed by atoms with Crippen LogP contribution in [0.15, 0.2) is 12.2 Å². The number of nitrogens with two attached hydrogens (primary N) is 1. The van der Waals surface area contributed by atoms with E-state index in [1.807, 2.05) is 11.8 Å². The number of likely N-dealkylation sites (tertiary alicyclic amines) is 1. The predicted molar refractivity (Wildman–Crippen MR) is 53.2 cm³/mol. The van der Waals surface area contributed by atoms with Crippen molar-refractivity contribution < 1.29 is 4.79 Å². The van der Waals surface area contributed by atoms with E-state index in [0.717, 1.165) is 25.9 Å². The van der Waals surface area contributed by atoms with Gasteiger partial charge in [0.25, 0.3) is 0 Å². The molecule has 0 bridgehead atoms. The fraction of sp³-hybridized carbons (Fsp3) is 0.700. The van der Waals surface area contributed by atoms with Gasteiger partial charge in [0.1, 0.15) is 0 Å². The first-order valence-corrected chi connectivity index (χ1v) is 4.79. The maximum Gasteiger partial charge on any atom is 0.224 e. The van der Waals surface area contributed by atoms with Crippen LogP contribution in [-0.2, 0) is 4.79 Å². The van der Waals surface area contributed by atoms with Crippen LogP contribution in [0.1, 0.15) is 26.2 Å². The largest absolute Gasteiger partial charge is 0.342 e. The van der Waals surface area contributed by atoms with Crippen LogP contribution in [-0.4, -0.2) is 29.9 Å². The molecular formula is C10H18N2O. The number of carbonyl (C=O) groups is 1. The Balaban J connectivity index is 2.35. The van der Waals surface area contributed by atoms with Gasteiger partial charge in [0, 0.05) is 25.6 Å². The highest BCUT2D eigenvalue weighted by molar-refractivity contribution is 5.76. The van der Waals surface area contributed by atoms with Crippen molar-refractivity contribution in [2.45, 2.75) is 32.2 Å². The molecule has 3 nitrogen and oxygen atoms in total. The molecule has 0 saturated carbocycles. The van der Waals surface area contributed by atoms with Crippen molar-refractivity contribution in [3.8, 4) is 0 Å². The number of carbonyl (C=O) groups excluding carboxylic acids is 1. The zero-order valence-electron chi connectivity index (χ0n) is 8.25. The van der Waals surface area contributed by atoms with Crippen LogP contribution in [0.3, 0.4) is 0 Å². The summed E-state index contributed by atoms with van der Waals surface area (Å²) in [6.45, 7) is 7.42. The summed E-state index contributed by atoms with van der Waals surface area (Å²) < 4.78 is 0. The Hall–Kier alpha value is -0.830. The summed E-state index contributed by atoms with van der Waals surface area (Å²) in [7, 11) is 0. The second-order valence-corrected chi connectivity index (χ2v) is 3.81. The van der Waals surface area contributed by atoms with E-state index in [2.05, 4.69) is 6.58 Å². The molecular weight excluding hydrogens is 164 g/mol. The summed E-state index contributed by atoms with van der Waals surface area (Å²) in [6, 6.07) is -0.0300. The Morgan fingerprint density at radius 1 is 1.62 bits per heavy atom. The Kier molecular flexibility index (Phi) is 3.48. The van der Waals surface area contributed by atoms with Gasteiger partial charge in [0.2, 0.25) is 5.91 Å². The lowest BCUT2D eigenvalue weighted by atomic mass is 10.1. The topological polar surface area (TPSA) is 46.3 Å². The van der Waals surface area contributed by atoms with E-state index >= 15 is 0 Å². The molecule has 1 atom stereocenters. The van der Waals surface area contributed by atoms with Crippen molar-refractivity contribution in [2.75, 3.05) is 13.1 Å². The second kappa shape index (κ2) is 4.42. The average Bonchev–Trinajstić information content (AvgIpc) is 2.04. The Morgan fingerprint density at radius 2 is 2.15 bits per heavy atom. The van der Waals surface area contributed by atoms with Gasteiger partial charge in [-0.2, -0.15) is 0 Å². The molecule has 1 amide bonds. The van der Waals surface area contributed by atoms with Crippen molar-refractivity contribution in [1.82, 2.24) is 4.90 Å². The van der Waals surface area contributed by atoms with Gasteiger partial charge in [0.15, 0.2) is 0 Å². The molecule has 1 unspecified atom stereocenters. The van der Waals surface area contributed by atoms with E-state index in [4.69, 9.17) is 5.73 Å². The second-order valence-electron chi connectivity index (χ2n) is 3.81. The van der Waals surface area contributed by atoms with Crippen molar-refractivity contribution in [2.24, 2.45) is 5.73 Å². The van der Waals surface area contributed by atoms with Crippen molar-refractivity contribution >= 4 is 5.91 Å². The van der Waals surface area contributed by atoms with E-state index in [1.54, 1.807) is 0 Å². The predicted octanol–water partition coefficient (Wildman–Crippen LogP) is 0.902. The van der Waals surface area contributed by atoms with Crippen LogP contribution in [0.2, 0.25) is 0 Å². The molecule has 0 aromatic rings. The third-order valence-corrected chi connectivity index (χ3v) is 2.32. The van der Waals surface area contributed by atoms with Crippen LogP contribution in [0.4, 0.5) is 0 Å². The Bertz CT molecular complexity index is 201. The third-order valence-electron chi connectivity index (χ3n) is 2.32. The van der Waals surface area contributed by atoms with Gasteiger partial charge < -0.3 is 10.6 Å². The minimum Gasteiger partial charge on any atom is -0.342 e. The lowest BCUT2D eigenvalue weighted by Gasteiger charge is -2.28. The van der Waals surface area contributed by atoms with Gasteiger partial charge >= 0.3 is 0 Å². The number of hydrogen-bond acceptors (Lipinski definition) is 2. The van der Waals surface area contributed by atoms with Gasteiger partial charge in [-0.25, -0.2) is 0 Å². The lowest BCUT2D eigenvalue weighted by molar-refractivity contribution is -0.131. The number of rotatable bonds is 2. The smallest absolute Gasteiger partial charge is 0.224 e. The van der Waals surface area contributed by atoms with Crippen LogP contribution in [0.25, 0.3) is 0 Å². The fourth-order valence-electron chi connectivity index (χ4n) is 1.48. The van der Waals surface area contributed by atoms with E-state index in [-0.39, 0.29) is 11.9 Å². The summed E-state index contributed by atoms with van der Waals surface area (Å²) in [4.78, 5) is 13.4. The molecule has 74 valence electrons. The van der Waals surface area contributed by atoms with E-state index < -0.39 is 0 Å². The van der Waals surface area contributed by atoms with E-state index in [0.29, 0.717) is 6.42 Å². The zero-order valence-corrected chi connectivity index (χ0v) is 8.25. The monoisotopic (exact) mass is 182 g/mol.